The summed E-state index contributed by atoms with van der Waals surface area (Å²) in [5.41, 5.74) is 1.99. The minimum absolute atomic E-state index is 0.160. The number of hydrogen-bond acceptors (Lipinski definition) is 9. The Morgan fingerprint density at radius 2 is 1.23 bits per heavy atom. The first kappa shape index (κ1) is 27.0. The second-order valence-electron chi connectivity index (χ2n) is 8.98. The maximum absolute atomic E-state index is 12.9. The van der Waals surface area contributed by atoms with Gasteiger partial charge in [0.15, 0.2) is 6.61 Å². The molecule has 9 nitrogen and oxygen atoms in total. The third-order valence-corrected chi connectivity index (χ3v) is 6.24. The first-order valence-corrected chi connectivity index (χ1v) is 13.0. The van der Waals surface area contributed by atoms with Gasteiger partial charge >= 0.3 is 17.9 Å². The van der Waals surface area contributed by atoms with Gasteiger partial charge in [0.25, 0.3) is 0 Å². The Labute approximate surface area is 230 Å². The van der Waals surface area contributed by atoms with Crippen molar-refractivity contribution >= 4 is 29.1 Å². The van der Waals surface area contributed by atoms with Crippen LogP contribution in [-0.4, -0.2) is 50.9 Å². The number of carbonyl (C=O) groups is 3. The highest BCUT2D eigenvalue weighted by atomic mass is 16.6. The number of rotatable bonds is 12. The van der Waals surface area contributed by atoms with Crippen molar-refractivity contribution in [3.05, 3.63) is 82.2 Å². The Morgan fingerprint density at radius 1 is 0.700 bits per heavy atom. The molecule has 0 N–H and O–H groups in total. The molecule has 3 aromatic carbocycles. The van der Waals surface area contributed by atoms with Gasteiger partial charge in [-0.2, -0.15) is 0 Å². The van der Waals surface area contributed by atoms with Crippen LogP contribution in [0.5, 0.6) is 23.0 Å². The molecule has 0 bridgehead atoms. The van der Waals surface area contributed by atoms with E-state index in [1.54, 1.807) is 60.7 Å². The molecule has 0 aliphatic carbocycles. The number of ether oxygens (including phenoxy) is 6. The summed E-state index contributed by atoms with van der Waals surface area (Å²) in [4.78, 5) is 37.5. The number of carbonyl (C=O) groups excluding carboxylic acids is 3. The molecule has 40 heavy (non-hydrogen) atoms. The van der Waals surface area contributed by atoms with Crippen LogP contribution in [0.4, 0.5) is 0 Å². The molecule has 0 spiro atoms. The molecule has 206 valence electrons. The van der Waals surface area contributed by atoms with Gasteiger partial charge < -0.3 is 28.4 Å². The molecule has 9 heteroatoms. The van der Waals surface area contributed by atoms with Gasteiger partial charge in [0, 0.05) is 17.0 Å². The molecule has 2 aliphatic rings. The van der Waals surface area contributed by atoms with Crippen LogP contribution >= 0.6 is 0 Å². The molecule has 5 rings (SSSR count). The molecular formula is C31H28O9. The third kappa shape index (κ3) is 5.69. The first-order valence-electron chi connectivity index (χ1n) is 13.0. The molecular weight excluding hydrogens is 516 g/mol. The second-order valence-corrected chi connectivity index (χ2v) is 8.98. The normalized spacial score (nSPS) is 13.4. The Balaban J connectivity index is 1.38. The topological polar surface area (TPSA) is 107 Å². The zero-order chi connectivity index (χ0) is 28.1. The fraction of sp³-hybridized carbons (Fsp3) is 0.258. The van der Waals surface area contributed by atoms with E-state index in [9.17, 15) is 14.4 Å². The number of benzene rings is 3. The average molecular weight is 545 g/mol. The quantitative estimate of drug-likeness (QED) is 0.193. The van der Waals surface area contributed by atoms with Gasteiger partial charge in [0.2, 0.25) is 0 Å². The lowest BCUT2D eigenvalue weighted by molar-refractivity contribution is -0.147. The molecule has 3 aromatic rings. The Hall–Kier alpha value is -4.63. The van der Waals surface area contributed by atoms with Crippen molar-refractivity contribution in [1.82, 2.24) is 0 Å². The van der Waals surface area contributed by atoms with Crippen molar-refractivity contribution in [2.45, 2.75) is 20.3 Å². The van der Waals surface area contributed by atoms with Gasteiger partial charge in [0.1, 0.15) is 29.6 Å². The van der Waals surface area contributed by atoms with Crippen molar-refractivity contribution < 1.29 is 42.8 Å². The van der Waals surface area contributed by atoms with Gasteiger partial charge in [-0.3, -0.25) is 0 Å². The van der Waals surface area contributed by atoms with Crippen LogP contribution in [0.3, 0.4) is 0 Å². The number of hydrogen-bond donors (Lipinski definition) is 0. The zero-order valence-corrected chi connectivity index (χ0v) is 22.2. The number of fused-ring (bicyclic) bond motifs is 2. The Morgan fingerprint density at radius 3 is 1.73 bits per heavy atom. The van der Waals surface area contributed by atoms with Gasteiger partial charge in [-0.1, -0.05) is 31.2 Å². The fourth-order valence-electron chi connectivity index (χ4n) is 4.39. The van der Waals surface area contributed by atoms with E-state index in [1.165, 1.54) is 0 Å². The van der Waals surface area contributed by atoms with Crippen molar-refractivity contribution in [2.75, 3.05) is 33.0 Å². The van der Waals surface area contributed by atoms with Gasteiger partial charge in [-0.15, -0.1) is 0 Å². The average Bonchev–Trinajstić information content (AvgIpc) is 3.46. The standard InChI is InChI=1S/C31H28O9/c1-3-13-36-21-9-5-19(6-10-21)28-23-16-26-24(17-25(23)39-30(28)33)29(31(34)40-26)20-7-11-22(12-8-20)38-18-27(32)37-15-14-35-4-2/h5-12,16-17H,3-4,13-15,18H2,1-2H3. The summed E-state index contributed by atoms with van der Waals surface area (Å²) in [6, 6.07) is 17.2. The van der Waals surface area contributed by atoms with Crippen molar-refractivity contribution in [3.63, 3.8) is 0 Å². The molecule has 0 unspecified atom stereocenters. The van der Waals surface area contributed by atoms with E-state index >= 15 is 0 Å². The van der Waals surface area contributed by atoms with Gasteiger partial charge in [0.05, 0.1) is 24.4 Å². The predicted molar refractivity (Wildman–Crippen MR) is 144 cm³/mol. The largest absolute Gasteiger partial charge is 0.494 e. The molecule has 2 aliphatic heterocycles. The van der Waals surface area contributed by atoms with Gasteiger partial charge in [-0.25, -0.2) is 14.4 Å². The summed E-state index contributed by atoms with van der Waals surface area (Å²) in [6.07, 6.45) is 0.895. The molecule has 2 heterocycles. The van der Waals surface area contributed by atoms with E-state index in [1.807, 2.05) is 13.8 Å². The summed E-state index contributed by atoms with van der Waals surface area (Å²) in [7, 11) is 0. The maximum Gasteiger partial charge on any atom is 0.344 e. The van der Waals surface area contributed by atoms with Crippen molar-refractivity contribution in [3.8, 4) is 23.0 Å². The highest BCUT2D eigenvalue weighted by molar-refractivity contribution is 6.21. The molecule has 0 atom stereocenters. The summed E-state index contributed by atoms with van der Waals surface area (Å²) in [5, 5.41) is 1.07. The van der Waals surface area contributed by atoms with Crippen molar-refractivity contribution in [2.24, 2.45) is 0 Å². The molecule has 0 radical (unpaired) electrons. The van der Waals surface area contributed by atoms with Crippen LogP contribution in [0.2, 0.25) is 0 Å². The Bertz CT molecular complexity index is 1550. The molecule has 0 saturated carbocycles. The van der Waals surface area contributed by atoms with E-state index in [0.29, 0.717) is 75.5 Å². The molecule has 0 aromatic heterocycles. The van der Waals surface area contributed by atoms with Crippen LogP contribution < -0.4 is 29.4 Å². The SMILES string of the molecule is CCCOc1ccc(C2=c3cc4c(cc3OC2=O)=C(c2ccc(OCC(=O)OCCOCC)cc2)C(=O)O4)cc1. The first-order chi connectivity index (χ1) is 19.5. The summed E-state index contributed by atoms with van der Waals surface area (Å²) in [6.45, 7) is 5.28. The van der Waals surface area contributed by atoms with E-state index in [2.05, 4.69) is 0 Å². The Kier molecular flexibility index (Phi) is 8.12. The van der Waals surface area contributed by atoms with Crippen LogP contribution in [0, 0.1) is 0 Å². The summed E-state index contributed by atoms with van der Waals surface area (Å²) in [5.74, 6) is 0.338. The minimum Gasteiger partial charge on any atom is -0.494 e. The highest BCUT2D eigenvalue weighted by Crippen LogP contribution is 2.28. The van der Waals surface area contributed by atoms with Crippen LogP contribution in [-0.2, 0) is 23.9 Å². The maximum atomic E-state index is 12.9. The monoisotopic (exact) mass is 544 g/mol. The molecule has 0 saturated heterocycles. The van der Waals surface area contributed by atoms with Crippen LogP contribution in [0.1, 0.15) is 31.4 Å². The van der Waals surface area contributed by atoms with E-state index < -0.39 is 17.9 Å². The lowest BCUT2D eigenvalue weighted by Crippen LogP contribution is -2.17. The van der Waals surface area contributed by atoms with Crippen LogP contribution in [0.15, 0.2) is 60.7 Å². The molecule has 0 amide bonds. The fourth-order valence-corrected chi connectivity index (χ4v) is 4.39. The summed E-state index contributed by atoms with van der Waals surface area (Å²) < 4.78 is 32.4. The zero-order valence-electron chi connectivity index (χ0n) is 22.2. The lowest BCUT2D eigenvalue weighted by atomic mass is 10.0. The van der Waals surface area contributed by atoms with E-state index in [0.717, 1.165) is 6.42 Å². The number of esters is 3. The third-order valence-electron chi connectivity index (χ3n) is 6.24. The smallest absolute Gasteiger partial charge is 0.344 e. The van der Waals surface area contributed by atoms with Crippen molar-refractivity contribution in [1.29, 1.82) is 0 Å². The molecule has 0 fully saturated rings. The summed E-state index contributed by atoms with van der Waals surface area (Å²) >= 11 is 0. The van der Waals surface area contributed by atoms with Crippen LogP contribution in [0.25, 0.3) is 11.1 Å². The minimum atomic E-state index is -0.518. The van der Waals surface area contributed by atoms with Gasteiger partial charge in [-0.05, 0) is 60.9 Å². The second kappa shape index (κ2) is 12.0. The van der Waals surface area contributed by atoms with E-state index in [4.69, 9.17) is 28.4 Å². The lowest BCUT2D eigenvalue weighted by Gasteiger charge is -2.08. The predicted octanol–water partition coefficient (Wildman–Crippen LogP) is 2.67. The van der Waals surface area contributed by atoms with E-state index in [-0.39, 0.29) is 13.2 Å². The highest BCUT2D eigenvalue weighted by Gasteiger charge is 2.30.